The molecule has 0 aromatic heterocycles. The number of benzene rings is 1. The van der Waals surface area contributed by atoms with Gasteiger partial charge in [-0.2, -0.15) is 10.5 Å². The van der Waals surface area contributed by atoms with Crippen molar-refractivity contribution in [1.29, 1.82) is 10.5 Å². The van der Waals surface area contributed by atoms with Crippen molar-refractivity contribution >= 4 is 23.0 Å². The highest BCUT2D eigenvalue weighted by Crippen LogP contribution is 2.29. The van der Waals surface area contributed by atoms with Crippen LogP contribution in [-0.2, 0) is 0 Å². The van der Waals surface area contributed by atoms with E-state index >= 15 is 0 Å². The topological polar surface area (TPSA) is 76.8 Å². The van der Waals surface area contributed by atoms with Crippen molar-refractivity contribution in [2.75, 3.05) is 23.7 Å². The molecule has 0 fully saturated rings. The molecule has 0 bridgehead atoms. The van der Waals surface area contributed by atoms with Crippen LogP contribution in [0, 0.1) is 29.6 Å². The first-order valence-electron chi connectivity index (χ1n) is 4.64. The molecule has 0 unspecified atom stereocenters. The van der Waals surface area contributed by atoms with E-state index in [-0.39, 0.29) is 13.1 Å². The fourth-order valence-corrected chi connectivity index (χ4v) is 1.59. The molecule has 0 radical (unpaired) electrons. The zero-order valence-electron chi connectivity index (χ0n) is 8.87. The minimum atomic E-state index is 0.147. The number of hydrogen-bond acceptors (Lipinski definition) is 4. The van der Waals surface area contributed by atoms with Crippen LogP contribution >= 0.6 is 11.6 Å². The van der Waals surface area contributed by atoms with Crippen LogP contribution in [0.3, 0.4) is 0 Å². The molecule has 1 aromatic rings. The van der Waals surface area contributed by atoms with Crippen molar-refractivity contribution in [2.24, 2.45) is 0 Å². The Kier molecular flexibility index (Phi) is 3.99. The average Bonchev–Trinajstić information content (AvgIpc) is 2.23. The van der Waals surface area contributed by atoms with Crippen LogP contribution < -0.4 is 10.6 Å². The molecule has 0 amide bonds. The van der Waals surface area contributed by atoms with Gasteiger partial charge in [-0.25, -0.2) is 0 Å². The van der Waals surface area contributed by atoms with Crippen molar-refractivity contribution in [3.8, 4) is 12.1 Å². The minimum absolute atomic E-state index is 0.147. The van der Waals surface area contributed by atoms with Gasteiger partial charge in [-0.05, 0) is 24.6 Å². The third kappa shape index (κ3) is 2.56. The van der Waals surface area contributed by atoms with Crippen molar-refractivity contribution in [2.45, 2.75) is 6.92 Å². The molecule has 0 aliphatic rings. The van der Waals surface area contributed by atoms with Crippen molar-refractivity contribution < 1.29 is 0 Å². The van der Waals surface area contributed by atoms with Gasteiger partial charge in [0.15, 0.2) is 0 Å². The van der Waals surface area contributed by atoms with Gasteiger partial charge in [-0.1, -0.05) is 11.6 Å². The van der Waals surface area contributed by atoms with Gasteiger partial charge in [0.2, 0.25) is 0 Å². The molecule has 0 saturated heterocycles. The maximum absolute atomic E-state index is 8.68. The summed E-state index contributed by atoms with van der Waals surface area (Å²) in [4.78, 5) is 1.65. The van der Waals surface area contributed by atoms with Crippen molar-refractivity contribution in [3.05, 3.63) is 22.7 Å². The number of nitriles is 2. The van der Waals surface area contributed by atoms with E-state index in [9.17, 15) is 0 Å². The summed E-state index contributed by atoms with van der Waals surface area (Å²) in [5, 5.41) is 17.8. The third-order valence-corrected chi connectivity index (χ3v) is 2.51. The molecular weight excluding hydrogens is 224 g/mol. The van der Waals surface area contributed by atoms with Gasteiger partial charge in [0, 0.05) is 5.69 Å². The van der Waals surface area contributed by atoms with Crippen LogP contribution in [0.5, 0.6) is 0 Å². The number of nitrogens with zero attached hydrogens (tertiary/aromatic N) is 3. The number of anilines is 2. The summed E-state index contributed by atoms with van der Waals surface area (Å²) < 4.78 is 0. The Labute approximate surface area is 99.4 Å². The molecule has 1 rings (SSSR count). The molecule has 16 heavy (non-hydrogen) atoms. The van der Waals surface area contributed by atoms with E-state index in [4.69, 9.17) is 27.9 Å². The van der Waals surface area contributed by atoms with Crippen LogP contribution in [0.4, 0.5) is 11.4 Å². The first-order valence-corrected chi connectivity index (χ1v) is 5.02. The predicted molar refractivity (Wildman–Crippen MR) is 64.0 cm³/mol. The Hall–Kier alpha value is -1.91. The summed E-state index contributed by atoms with van der Waals surface area (Å²) in [7, 11) is 0. The molecule has 0 saturated carbocycles. The maximum Gasteiger partial charge on any atom is 0.106 e. The van der Waals surface area contributed by atoms with Crippen molar-refractivity contribution in [3.63, 3.8) is 0 Å². The van der Waals surface area contributed by atoms with Crippen LogP contribution in [0.15, 0.2) is 12.1 Å². The van der Waals surface area contributed by atoms with Gasteiger partial charge in [0.25, 0.3) is 0 Å². The fraction of sp³-hybridized carbons (Fsp3) is 0.273. The molecule has 0 atom stereocenters. The number of nitrogen functional groups attached to an aromatic ring is 1. The third-order valence-electron chi connectivity index (χ3n) is 2.18. The first-order chi connectivity index (χ1) is 7.60. The number of hydrogen-bond donors (Lipinski definition) is 1. The van der Waals surface area contributed by atoms with E-state index in [1.54, 1.807) is 17.0 Å². The van der Waals surface area contributed by atoms with E-state index in [2.05, 4.69) is 0 Å². The molecule has 1 aromatic carbocycles. The Balaban J connectivity index is 3.15. The number of nitrogens with two attached hydrogens (primary N) is 1. The molecule has 2 N–H and O–H groups in total. The first kappa shape index (κ1) is 12.2. The standard InChI is InChI=1S/C11H11ClN4/c1-8-6-10(15)9(12)7-11(8)16(4-2-13)5-3-14/h6-7H,4-5,15H2,1H3. The molecule has 0 heterocycles. The maximum atomic E-state index is 8.68. The molecule has 0 aliphatic carbocycles. The normalized spacial score (nSPS) is 9.25. The van der Waals surface area contributed by atoms with Gasteiger partial charge in [0.05, 0.1) is 22.8 Å². The highest BCUT2D eigenvalue weighted by atomic mass is 35.5. The molecule has 4 nitrogen and oxygen atoms in total. The Bertz CT molecular complexity index is 454. The second kappa shape index (κ2) is 5.25. The lowest BCUT2D eigenvalue weighted by Crippen LogP contribution is -2.24. The average molecular weight is 235 g/mol. The van der Waals surface area contributed by atoms with Gasteiger partial charge in [-0.3, -0.25) is 0 Å². The summed E-state index contributed by atoms with van der Waals surface area (Å²) in [5.41, 5.74) is 7.82. The lowest BCUT2D eigenvalue weighted by molar-refractivity contribution is 0.959. The smallest absolute Gasteiger partial charge is 0.106 e. The van der Waals surface area contributed by atoms with Crippen LogP contribution in [0.25, 0.3) is 0 Å². The molecule has 0 spiro atoms. The van der Waals surface area contributed by atoms with Gasteiger partial charge < -0.3 is 10.6 Å². The lowest BCUT2D eigenvalue weighted by Gasteiger charge is -2.21. The number of rotatable bonds is 3. The van der Waals surface area contributed by atoms with E-state index in [1.807, 2.05) is 19.1 Å². The summed E-state index contributed by atoms with van der Waals surface area (Å²) in [6.45, 7) is 2.16. The largest absolute Gasteiger partial charge is 0.398 e. The summed E-state index contributed by atoms with van der Waals surface area (Å²) >= 11 is 5.91. The van der Waals surface area contributed by atoms with Crippen LogP contribution in [0.2, 0.25) is 5.02 Å². The lowest BCUT2D eigenvalue weighted by atomic mass is 10.1. The van der Waals surface area contributed by atoms with Gasteiger partial charge >= 0.3 is 0 Å². The zero-order chi connectivity index (χ0) is 12.1. The Morgan fingerprint density at radius 1 is 1.31 bits per heavy atom. The summed E-state index contributed by atoms with van der Waals surface area (Å²) in [6, 6.07) is 7.44. The quantitative estimate of drug-likeness (QED) is 0.642. The van der Waals surface area contributed by atoms with E-state index in [0.29, 0.717) is 10.7 Å². The monoisotopic (exact) mass is 234 g/mol. The number of halogens is 1. The Morgan fingerprint density at radius 3 is 2.38 bits per heavy atom. The minimum Gasteiger partial charge on any atom is -0.398 e. The van der Waals surface area contributed by atoms with E-state index in [1.165, 1.54) is 0 Å². The summed E-state index contributed by atoms with van der Waals surface area (Å²) in [6.07, 6.45) is 0. The van der Waals surface area contributed by atoms with Gasteiger partial charge in [-0.15, -0.1) is 0 Å². The fourth-order valence-electron chi connectivity index (χ4n) is 1.43. The van der Waals surface area contributed by atoms with E-state index < -0.39 is 0 Å². The highest BCUT2D eigenvalue weighted by Gasteiger charge is 2.10. The SMILES string of the molecule is Cc1cc(N)c(Cl)cc1N(CC#N)CC#N. The number of aryl methyl sites for hydroxylation is 1. The van der Waals surface area contributed by atoms with Crippen molar-refractivity contribution in [1.82, 2.24) is 0 Å². The molecule has 82 valence electrons. The molecule has 0 aliphatic heterocycles. The predicted octanol–water partition coefficient (Wildman–Crippen LogP) is 2.08. The van der Waals surface area contributed by atoms with Crippen LogP contribution in [0.1, 0.15) is 5.56 Å². The molecular formula is C11H11ClN4. The second-order valence-electron chi connectivity index (χ2n) is 3.33. The van der Waals surface area contributed by atoms with E-state index in [0.717, 1.165) is 11.3 Å². The Morgan fingerprint density at radius 2 is 1.88 bits per heavy atom. The second-order valence-corrected chi connectivity index (χ2v) is 3.74. The van der Waals surface area contributed by atoms with Gasteiger partial charge in [0.1, 0.15) is 13.1 Å². The highest BCUT2D eigenvalue weighted by molar-refractivity contribution is 6.33. The zero-order valence-corrected chi connectivity index (χ0v) is 9.62. The summed E-state index contributed by atoms with van der Waals surface area (Å²) in [5.74, 6) is 0. The van der Waals surface area contributed by atoms with Crippen LogP contribution in [-0.4, -0.2) is 13.1 Å². The molecule has 5 heteroatoms.